The summed E-state index contributed by atoms with van der Waals surface area (Å²) < 4.78 is 0. The first-order valence-corrected chi connectivity index (χ1v) is 5.84. The van der Waals surface area contributed by atoms with E-state index in [1.165, 1.54) is 0 Å². The van der Waals surface area contributed by atoms with Gasteiger partial charge in [-0.05, 0) is 18.9 Å². The van der Waals surface area contributed by atoms with Crippen molar-refractivity contribution in [2.24, 2.45) is 5.92 Å². The summed E-state index contributed by atoms with van der Waals surface area (Å²) in [7, 11) is 2.07. The molecule has 2 nitrogen and oxygen atoms in total. The summed E-state index contributed by atoms with van der Waals surface area (Å²) in [5.74, 6) is 2.10. The first-order chi connectivity index (χ1) is 7.07. The van der Waals surface area contributed by atoms with Crippen molar-refractivity contribution in [1.29, 1.82) is 0 Å². The Bertz CT molecular complexity index is 312. The number of hydrogen-bond donors (Lipinski definition) is 0. The largest absolute Gasteiger partial charge is 0.356 e. The second-order valence-corrected chi connectivity index (χ2v) is 4.48. The van der Waals surface area contributed by atoms with Crippen LogP contribution in [0.2, 0.25) is 0 Å². The van der Waals surface area contributed by atoms with Gasteiger partial charge in [-0.2, -0.15) is 0 Å². The highest BCUT2D eigenvalue weighted by Gasteiger charge is 2.16. The minimum atomic E-state index is 0.460. The molecule has 0 amide bonds. The zero-order valence-corrected chi connectivity index (χ0v) is 10.6. The zero-order chi connectivity index (χ0) is 11.4. The maximum absolute atomic E-state index is 5.89. The number of hydrogen-bond acceptors (Lipinski definition) is 2. The van der Waals surface area contributed by atoms with E-state index in [4.69, 9.17) is 11.6 Å². The van der Waals surface area contributed by atoms with Crippen LogP contribution >= 0.6 is 11.6 Å². The lowest BCUT2D eigenvalue weighted by Gasteiger charge is -2.30. The molecule has 1 aromatic heterocycles. The number of pyridine rings is 1. The lowest BCUT2D eigenvalue weighted by atomic mass is 10.0. The average molecular weight is 227 g/mol. The van der Waals surface area contributed by atoms with E-state index in [1.807, 2.05) is 18.3 Å². The second kappa shape index (κ2) is 5.36. The molecule has 1 heterocycles. The fraction of sp³-hybridized carbons (Fsp3) is 0.583. The normalized spacial score (nSPS) is 12.9. The molecule has 0 aromatic carbocycles. The van der Waals surface area contributed by atoms with Gasteiger partial charge in [0.15, 0.2) is 0 Å². The van der Waals surface area contributed by atoms with Crippen LogP contribution in [-0.2, 0) is 5.88 Å². The van der Waals surface area contributed by atoms with Crippen LogP contribution in [0.25, 0.3) is 0 Å². The first-order valence-electron chi connectivity index (χ1n) is 5.30. The van der Waals surface area contributed by atoms with Gasteiger partial charge in [0, 0.05) is 24.8 Å². The summed E-state index contributed by atoms with van der Waals surface area (Å²) in [4.78, 5) is 6.59. The zero-order valence-electron chi connectivity index (χ0n) is 9.87. The van der Waals surface area contributed by atoms with Crippen molar-refractivity contribution in [3.05, 3.63) is 23.9 Å². The molecule has 1 unspecified atom stereocenters. The van der Waals surface area contributed by atoms with E-state index < -0.39 is 0 Å². The molecule has 3 heteroatoms. The first kappa shape index (κ1) is 12.3. The van der Waals surface area contributed by atoms with Crippen molar-refractivity contribution in [1.82, 2.24) is 4.98 Å². The summed E-state index contributed by atoms with van der Waals surface area (Å²) in [5.41, 5.74) is 1.09. The van der Waals surface area contributed by atoms with Crippen LogP contribution in [0.3, 0.4) is 0 Å². The van der Waals surface area contributed by atoms with Gasteiger partial charge in [-0.3, -0.25) is 0 Å². The predicted molar refractivity (Wildman–Crippen MR) is 66.5 cm³/mol. The maximum atomic E-state index is 5.89. The van der Waals surface area contributed by atoms with Crippen LogP contribution in [0.15, 0.2) is 18.3 Å². The van der Waals surface area contributed by atoms with E-state index in [0.717, 1.165) is 11.4 Å². The number of anilines is 1. The highest BCUT2D eigenvalue weighted by Crippen LogP contribution is 2.22. The van der Waals surface area contributed by atoms with Gasteiger partial charge < -0.3 is 4.90 Å². The third-order valence-electron chi connectivity index (χ3n) is 2.92. The lowest BCUT2D eigenvalue weighted by Crippen LogP contribution is -2.34. The third kappa shape index (κ3) is 2.85. The molecule has 0 spiro atoms. The molecule has 0 fully saturated rings. The number of aromatic nitrogens is 1. The Balaban J connectivity index is 2.94. The van der Waals surface area contributed by atoms with Crippen molar-refractivity contribution < 1.29 is 0 Å². The van der Waals surface area contributed by atoms with Gasteiger partial charge >= 0.3 is 0 Å². The van der Waals surface area contributed by atoms with E-state index in [9.17, 15) is 0 Å². The molecule has 1 aromatic rings. The van der Waals surface area contributed by atoms with Crippen LogP contribution < -0.4 is 4.90 Å². The summed E-state index contributed by atoms with van der Waals surface area (Å²) in [6.07, 6.45) is 1.81. The Labute approximate surface area is 97.3 Å². The van der Waals surface area contributed by atoms with E-state index in [1.54, 1.807) is 0 Å². The summed E-state index contributed by atoms with van der Waals surface area (Å²) in [5, 5.41) is 0. The average Bonchev–Trinajstić information content (AvgIpc) is 2.26. The number of halogens is 1. The van der Waals surface area contributed by atoms with Crippen LogP contribution in [-0.4, -0.2) is 18.1 Å². The smallest absolute Gasteiger partial charge is 0.132 e. The molecule has 0 saturated carbocycles. The fourth-order valence-corrected chi connectivity index (χ4v) is 1.70. The van der Waals surface area contributed by atoms with Crippen molar-refractivity contribution in [2.45, 2.75) is 32.7 Å². The number of nitrogens with zero attached hydrogens (tertiary/aromatic N) is 2. The van der Waals surface area contributed by atoms with Crippen LogP contribution in [0.1, 0.15) is 26.3 Å². The summed E-state index contributed by atoms with van der Waals surface area (Å²) in [6, 6.07) is 4.41. The SMILES string of the molecule is CC(C)C(C)N(C)c1ncccc1CCl. The van der Waals surface area contributed by atoms with Crippen LogP contribution in [0, 0.1) is 5.92 Å². The predicted octanol–water partition coefficient (Wildman–Crippen LogP) is 3.30. The number of alkyl halides is 1. The fourth-order valence-electron chi connectivity index (χ4n) is 1.49. The highest BCUT2D eigenvalue weighted by atomic mass is 35.5. The Hall–Kier alpha value is -0.760. The maximum Gasteiger partial charge on any atom is 0.132 e. The molecule has 1 rings (SSSR count). The van der Waals surface area contributed by atoms with Crippen molar-refractivity contribution in [2.75, 3.05) is 11.9 Å². The molecule has 0 saturated heterocycles. The Morgan fingerprint density at radius 3 is 2.60 bits per heavy atom. The molecule has 84 valence electrons. The topological polar surface area (TPSA) is 16.1 Å². The molecule has 1 atom stereocenters. The molecule has 15 heavy (non-hydrogen) atoms. The number of rotatable bonds is 4. The summed E-state index contributed by atoms with van der Waals surface area (Å²) in [6.45, 7) is 6.63. The molecular weight excluding hydrogens is 208 g/mol. The molecule has 0 bridgehead atoms. The van der Waals surface area contributed by atoms with Crippen LogP contribution in [0.4, 0.5) is 5.82 Å². The second-order valence-electron chi connectivity index (χ2n) is 4.22. The van der Waals surface area contributed by atoms with E-state index in [2.05, 4.69) is 37.7 Å². The highest BCUT2D eigenvalue weighted by molar-refractivity contribution is 6.17. The van der Waals surface area contributed by atoms with Crippen molar-refractivity contribution in [3.63, 3.8) is 0 Å². The standard InChI is InChI=1S/C12H19ClN2/c1-9(2)10(3)15(4)12-11(8-13)6-5-7-14-12/h5-7,9-10H,8H2,1-4H3. The van der Waals surface area contributed by atoms with Gasteiger partial charge in [0.05, 0.1) is 5.88 Å². The molecule has 0 aliphatic carbocycles. The monoisotopic (exact) mass is 226 g/mol. The Morgan fingerprint density at radius 2 is 2.07 bits per heavy atom. The van der Waals surface area contributed by atoms with Crippen molar-refractivity contribution >= 4 is 17.4 Å². The van der Waals surface area contributed by atoms with Gasteiger partial charge in [0.25, 0.3) is 0 Å². The van der Waals surface area contributed by atoms with Gasteiger partial charge in [-0.15, -0.1) is 11.6 Å². The third-order valence-corrected chi connectivity index (χ3v) is 3.21. The van der Waals surface area contributed by atoms with E-state index >= 15 is 0 Å². The lowest BCUT2D eigenvalue weighted by molar-refractivity contribution is 0.502. The molecular formula is C12H19ClN2. The Morgan fingerprint density at radius 1 is 1.40 bits per heavy atom. The summed E-state index contributed by atoms with van der Waals surface area (Å²) >= 11 is 5.89. The molecule has 0 aliphatic heterocycles. The van der Waals surface area contributed by atoms with Gasteiger partial charge in [-0.1, -0.05) is 19.9 Å². The van der Waals surface area contributed by atoms with E-state index in [0.29, 0.717) is 17.8 Å². The molecule has 0 aliphatic rings. The van der Waals surface area contributed by atoms with Gasteiger partial charge in [-0.25, -0.2) is 4.98 Å². The van der Waals surface area contributed by atoms with Crippen LogP contribution in [0.5, 0.6) is 0 Å². The quantitative estimate of drug-likeness (QED) is 0.733. The Kier molecular flexibility index (Phi) is 4.40. The van der Waals surface area contributed by atoms with E-state index in [-0.39, 0.29) is 0 Å². The van der Waals surface area contributed by atoms with Gasteiger partial charge in [0.2, 0.25) is 0 Å². The van der Waals surface area contributed by atoms with Gasteiger partial charge in [0.1, 0.15) is 5.82 Å². The molecule has 0 radical (unpaired) electrons. The van der Waals surface area contributed by atoms with Crippen molar-refractivity contribution in [3.8, 4) is 0 Å². The minimum Gasteiger partial charge on any atom is -0.356 e. The molecule has 0 N–H and O–H groups in total. The minimum absolute atomic E-state index is 0.460.